The van der Waals surface area contributed by atoms with Gasteiger partial charge in [-0.15, -0.1) is 0 Å². The number of ether oxygens (including phenoxy) is 1. The number of anilines is 1. The number of aromatic nitrogens is 2. The van der Waals surface area contributed by atoms with Gasteiger partial charge in [-0.1, -0.05) is 0 Å². The van der Waals surface area contributed by atoms with Gasteiger partial charge in [-0.3, -0.25) is 4.79 Å². The summed E-state index contributed by atoms with van der Waals surface area (Å²) in [6, 6.07) is 0. The van der Waals surface area contributed by atoms with Crippen molar-refractivity contribution in [2.45, 2.75) is 13.8 Å². The molecule has 70 valence electrons. The number of nitrogens with one attached hydrogen (secondary N) is 1. The molecule has 0 saturated carbocycles. The normalized spacial score (nSPS) is 9.38. The van der Waals surface area contributed by atoms with Crippen LogP contribution in [0.2, 0.25) is 0 Å². The van der Waals surface area contributed by atoms with Gasteiger partial charge in [0.15, 0.2) is 5.69 Å². The smallest absolute Gasteiger partial charge is 0.277 e. The third-order valence-electron chi connectivity index (χ3n) is 1.26. The van der Waals surface area contributed by atoms with Crippen LogP contribution in [0, 0.1) is 0 Å². The minimum absolute atomic E-state index is 0.0139. The van der Waals surface area contributed by atoms with Gasteiger partial charge in [-0.2, -0.15) is 0 Å². The van der Waals surface area contributed by atoms with E-state index in [1.54, 1.807) is 0 Å². The highest BCUT2D eigenvalue weighted by molar-refractivity contribution is 5.45. The van der Waals surface area contributed by atoms with Crippen molar-refractivity contribution in [3.63, 3.8) is 0 Å². The molecule has 1 aromatic rings. The number of nitrogen functional groups attached to an aromatic ring is 1. The minimum Gasteiger partial charge on any atom is -0.445 e. The number of nitrogens with zero attached hydrogens (tertiary/aromatic N) is 1. The molecule has 0 unspecified atom stereocenters. The van der Waals surface area contributed by atoms with Crippen LogP contribution in [0.5, 0.6) is 5.88 Å². The predicted molar refractivity (Wildman–Crippen MR) is 49.3 cm³/mol. The topological polar surface area (TPSA) is 81.0 Å². The standard InChI is InChI=1S/C8H11N3O2/c1-5(2)3-13-8-6(9)7(12)10-4-11-8/h3-4H,9H2,1-2H3,(H,10,11,12). The molecule has 0 bridgehead atoms. The molecule has 5 heteroatoms. The zero-order valence-electron chi connectivity index (χ0n) is 7.50. The van der Waals surface area contributed by atoms with Crippen LogP contribution in [0.25, 0.3) is 0 Å². The van der Waals surface area contributed by atoms with E-state index < -0.39 is 5.56 Å². The summed E-state index contributed by atoms with van der Waals surface area (Å²) in [5, 5.41) is 0. The SMILES string of the molecule is CC(C)=COc1nc[nH]c(=O)c1N. The van der Waals surface area contributed by atoms with E-state index in [4.69, 9.17) is 10.5 Å². The van der Waals surface area contributed by atoms with Crippen LogP contribution in [0.15, 0.2) is 23.0 Å². The summed E-state index contributed by atoms with van der Waals surface area (Å²) in [7, 11) is 0. The van der Waals surface area contributed by atoms with Crippen LogP contribution in [0.1, 0.15) is 13.8 Å². The van der Waals surface area contributed by atoms with Crippen LogP contribution in [0.4, 0.5) is 5.69 Å². The molecule has 0 saturated heterocycles. The van der Waals surface area contributed by atoms with E-state index in [0.29, 0.717) is 0 Å². The molecule has 0 aliphatic heterocycles. The van der Waals surface area contributed by atoms with Gasteiger partial charge >= 0.3 is 0 Å². The highest BCUT2D eigenvalue weighted by Gasteiger charge is 2.03. The second-order valence-electron chi connectivity index (χ2n) is 2.76. The summed E-state index contributed by atoms with van der Waals surface area (Å²) in [5.41, 5.74) is 5.96. The number of nitrogens with two attached hydrogens (primary N) is 1. The Bertz CT molecular complexity index is 377. The fraction of sp³-hybridized carbons (Fsp3) is 0.250. The Morgan fingerprint density at radius 1 is 1.69 bits per heavy atom. The van der Waals surface area contributed by atoms with Crippen molar-refractivity contribution in [1.82, 2.24) is 9.97 Å². The van der Waals surface area contributed by atoms with Crippen molar-refractivity contribution in [3.8, 4) is 5.88 Å². The largest absolute Gasteiger partial charge is 0.445 e. The zero-order chi connectivity index (χ0) is 9.84. The second-order valence-corrected chi connectivity index (χ2v) is 2.76. The van der Waals surface area contributed by atoms with Crippen molar-refractivity contribution < 1.29 is 4.74 Å². The van der Waals surface area contributed by atoms with E-state index in [9.17, 15) is 4.79 Å². The predicted octanol–water partition coefficient (Wildman–Crippen LogP) is 0.655. The Kier molecular flexibility index (Phi) is 2.69. The van der Waals surface area contributed by atoms with E-state index in [0.717, 1.165) is 5.57 Å². The van der Waals surface area contributed by atoms with Crippen molar-refractivity contribution in [2.24, 2.45) is 0 Å². The van der Waals surface area contributed by atoms with E-state index in [1.165, 1.54) is 12.6 Å². The van der Waals surface area contributed by atoms with Crippen molar-refractivity contribution in [2.75, 3.05) is 5.73 Å². The summed E-state index contributed by atoms with van der Waals surface area (Å²) >= 11 is 0. The average Bonchev–Trinajstić information content (AvgIpc) is 2.07. The van der Waals surface area contributed by atoms with Gasteiger partial charge in [0.05, 0.1) is 12.6 Å². The van der Waals surface area contributed by atoms with Crippen molar-refractivity contribution in [1.29, 1.82) is 0 Å². The maximum atomic E-state index is 11.0. The number of aromatic amines is 1. The van der Waals surface area contributed by atoms with Gasteiger partial charge in [-0.25, -0.2) is 4.98 Å². The van der Waals surface area contributed by atoms with Gasteiger partial charge in [0.25, 0.3) is 5.56 Å². The van der Waals surface area contributed by atoms with E-state index >= 15 is 0 Å². The van der Waals surface area contributed by atoms with Gasteiger partial charge in [-0.05, 0) is 19.4 Å². The quantitative estimate of drug-likeness (QED) is 0.656. The molecule has 0 spiro atoms. The van der Waals surface area contributed by atoms with Crippen molar-refractivity contribution in [3.05, 3.63) is 28.5 Å². The summed E-state index contributed by atoms with van der Waals surface area (Å²) in [6.45, 7) is 3.73. The summed E-state index contributed by atoms with van der Waals surface area (Å²) < 4.78 is 5.06. The molecule has 0 amide bonds. The molecule has 1 rings (SSSR count). The molecule has 1 heterocycles. The maximum Gasteiger partial charge on any atom is 0.277 e. The lowest BCUT2D eigenvalue weighted by Gasteiger charge is -2.01. The lowest BCUT2D eigenvalue weighted by Crippen LogP contribution is -2.13. The number of hydrogen-bond acceptors (Lipinski definition) is 4. The number of H-pyrrole nitrogens is 1. The highest BCUT2D eigenvalue weighted by atomic mass is 16.5. The second kappa shape index (κ2) is 3.75. The Morgan fingerprint density at radius 3 is 3.00 bits per heavy atom. The first-order valence-electron chi connectivity index (χ1n) is 3.74. The monoisotopic (exact) mass is 181 g/mol. The fourth-order valence-electron chi connectivity index (χ4n) is 0.662. The van der Waals surface area contributed by atoms with Crippen molar-refractivity contribution >= 4 is 5.69 Å². The van der Waals surface area contributed by atoms with E-state index in [2.05, 4.69) is 9.97 Å². The lowest BCUT2D eigenvalue weighted by molar-refractivity contribution is 0.457. The number of allylic oxidation sites excluding steroid dienone is 1. The molecule has 1 aromatic heterocycles. The highest BCUT2D eigenvalue weighted by Crippen LogP contribution is 2.11. The molecule has 3 N–H and O–H groups in total. The van der Waals surface area contributed by atoms with Gasteiger partial charge in [0.1, 0.15) is 0 Å². The molecule has 13 heavy (non-hydrogen) atoms. The Morgan fingerprint density at radius 2 is 2.38 bits per heavy atom. The summed E-state index contributed by atoms with van der Waals surface area (Å²) in [5.74, 6) is 0.130. The molecule has 0 aliphatic rings. The van der Waals surface area contributed by atoms with Gasteiger partial charge in [0, 0.05) is 0 Å². The van der Waals surface area contributed by atoms with E-state index in [-0.39, 0.29) is 11.6 Å². The third kappa shape index (κ3) is 2.33. The molecule has 0 atom stereocenters. The van der Waals surface area contributed by atoms with Gasteiger partial charge < -0.3 is 15.5 Å². The molecule has 0 aromatic carbocycles. The molecular weight excluding hydrogens is 170 g/mol. The first-order valence-corrected chi connectivity index (χ1v) is 3.74. The zero-order valence-corrected chi connectivity index (χ0v) is 7.50. The molecule has 0 radical (unpaired) electrons. The van der Waals surface area contributed by atoms with Crippen LogP contribution in [0.3, 0.4) is 0 Å². The Labute approximate surface area is 75.3 Å². The van der Waals surface area contributed by atoms with Gasteiger partial charge in [0.2, 0.25) is 5.88 Å². The number of hydrogen-bond donors (Lipinski definition) is 2. The first kappa shape index (κ1) is 9.31. The van der Waals surface area contributed by atoms with Crippen LogP contribution in [-0.4, -0.2) is 9.97 Å². The Hall–Kier alpha value is -1.78. The first-order chi connectivity index (χ1) is 6.11. The molecule has 0 fully saturated rings. The molecular formula is C8H11N3O2. The molecule has 5 nitrogen and oxygen atoms in total. The average molecular weight is 181 g/mol. The number of rotatable bonds is 2. The molecule has 0 aliphatic carbocycles. The van der Waals surface area contributed by atoms with Crippen LogP contribution in [-0.2, 0) is 0 Å². The fourth-order valence-corrected chi connectivity index (χ4v) is 0.662. The summed E-state index contributed by atoms with van der Waals surface area (Å²) in [6.07, 6.45) is 2.73. The van der Waals surface area contributed by atoms with Crippen LogP contribution < -0.4 is 16.0 Å². The summed E-state index contributed by atoms with van der Waals surface area (Å²) in [4.78, 5) is 17.1. The third-order valence-corrected chi connectivity index (χ3v) is 1.26. The maximum absolute atomic E-state index is 11.0. The minimum atomic E-state index is -0.396. The Balaban J connectivity index is 2.96. The van der Waals surface area contributed by atoms with Crippen LogP contribution >= 0.6 is 0 Å². The van der Waals surface area contributed by atoms with E-state index in [1.807, 2.05) is 13.8 Å². The lowest BCUT2D eigenvalue weighted by atomic mass is 10.4.